The third-order valence-corrected chi connectivity index (χ3v) is 5.51. The maximum Gasteiger partial charge on any atom is 0.416 e. The largest absolute Gasteiger partial charge is 0.416 e. The number of fused-ring (bicyclic) bond motifs is 1. The lowest BCUT2D eigenvalue weighted by atomic mass is 9.87. The number of nitrogens with one attached hydrogen (secondary N) is 2. The number of rotatable bonds is 5. The molecule has 0 radical (unpaired) electrons. The van der Waals surface area contributed by atoms with Gasteiger partial charge in [-0.15, -0.1) is 0 Å². The topological polar surface area (TPSA) is 56.7 Å². The molecule has 1 aromatic carbocycles. The molecule has 0 spiro atoms. The van der Waals surface area contributed by atoms with Crippen molar-refractivity contribution in [3.05, 3.63) is 58.3 Å². The maximum atomic E-state index is 13.2. The summed E-state index contributed by atoms with van der Waals surface area (Å²) in [5.41, 5.74) is 2.24. The van der Waals surface area contributed by atoms with E-state index in [1.54, 1.807) is 6.21 Å². The van der Waals surface area contributed by atoms with E-state index in [0.717, 1.165) is 24.5 Å². The first-order valence-corrected chi connectivity index (χ1v) is 10.4. The molecular formula is C23H29F3N4O. The number of halogens is 3. The predicted molar refractivity (Wildman–Crippen MR) is 115 cm³/mol. The van der Waals surface area contributed by atoms with Crippen molar-refractivity contribution in [3.8, 4) is 0 Å². The van der Waals surface area contributed by atoms with Crippen LogP contribution >= 0.6 is 0 Å². The number of benzene rings is 1. The number of carbonyl (C=O) groups is 1. The van der Waals surface area contributed by atoms with E-state index in [0.29, 0.717) is 23.2 Å². The number of likely N-dealkylation sites (N-methyl/N-ethyl adjacent to an activating group) is 1. The van der Waals surface area contributed by atoms with E-state index in [9.17, 15) is 18.0 Å². The van der Waals surface area contributed by atoms with Crippen molar-refractivity contribution in [1.29, 1.82) is 0 Å². The molecular weight excluding hydrogens is 405 g/mol. The Morgan fingerprint density at radius 3 is 2.65 bits per heavy atom. The fourth-order valence-electron chi connectivity index (χ4n) is 3.63. The minimum Gasteiger partial charge on any atom is -0.334 e. The van der Waals surface area contributed by atoms with Gasteiger partial charge in [0.05, 0.1) is 17.8 Å². The molecule has 2 amide bonds. The number of aryl methyl sites for hydroxylation is 1. The average Bonchev–Trinajstić information content (AvgIpc) is 3.06. The highest BCUT2D eigenvalue weighted by atomic mass is 19.4. The molecule has 3 rings (SSSR count). The van der Waals surface area contributed by atoms with Crippen molar-refractivity contribution < 1.29 is 18.0 Å². The van der Waals surface area contributed by atoms with Gasteiger partial charge in [-0.05, 0) is 54.0 Å². The minimum atomic E-state index is -4.40. The second-order valence-electron chi connectivity index (χ2n) is 9.19. The summed E-state index contributed by atoms with van der Waals surface area (Å²) in [6.07, 6.45) is 3.25. The van der Waals surface area contributed by atoms with E-state index in [2.05, 4.69) is 36.5 Å². The molecule has 1 aliphatic heterocycles. The van der Waals surface area contributed by atoms with E-state index in [1.807, 2.05) is 24.2 Å². The van der Waals surface area contributed by atoms with Gasteiger partial charge in [0.2, 0.25) is 0 Å². The van der Waals surface area contributed by atoms with Gasteiger partial charge in [-0.1, -0.05) is 32.9 Å². The van der Waals surface area contributed by atoms with Gasteiger partial charge >= 0.3 is 12.2 Å². The highest BCUT2D eigenvalue weighted by Gasteiger charge is 2.31. The Kier molecular flexibility index (Phi) is 6.48. The molecule has 1 heterocycles. The van der Waals surface area contributed by atoms with Crippen molar-refractivity contribution in [1.82, 2.24) is 15.6 Å². The molecule has 1 aromatic rings. The molecule has 2 aliphatic rings. The Labute approximate surface area is 181 Å². The number of amides is 2. The van der Waals surface area contributed by atoms with Gasteiger partial charge < -0.3 is 10.6 Å². The molecule has 0 bridgehead atoms. The average molecular weight is 435 g/mol. The van der Waals surface area contributed by atoms with E-state index in [1.165, 1.54) is 12.1 Å². The Balaban J connectivity index is 1.70. The first-order chi connectivity index (χ1) is 14.4. The number of hydrogen-bond donors (Lipinski definition) is 2. The standard InChI is InChI=1S/C23H29F3N4O/c1-22(2,3)11-10-15-12-17(23(24,25)26)9-8-16(15)13-27-21(31)29-19-6-5-7-20-18(19)14-28-30(20)4/h5-6,8-9,12,14,20H,7,10-11,13H2,1-4H3,(H2,27,29,31). The minimum absolute atomic E-state index is 0.00989. The van der Waals surface area contributed by atoms with E-state index < -0.39 is 17.8 Å². The molecule has 0 fully saturated rings. The molecule has 1 unspecified atom stereocenters. The quantitative estimate of drug-likeness (QED) is 0.686. The summed E-state index contributed by atoms with van der Waals surface area (Å²) in [6, 6.07) is 3.43. The van der Waals surface area contributed by atoms with E-state index in [-0.39, 0.29) is 18.0 Å². The normalized spacial score (nSPS) is 18.4. The lowest BCUT2D eigenvalue weighted by Crippen LogP contribution is -2.37. The molecule has 2 N–H and O–H groups in total. The smallest absolute Gasteiger partial charge is 0.334 e. The summed E-state index contributed by atoms with van der Waals surface area (Å²) >= 11 is 0. The van der Waals surface area contributed by atoms with Crippen LogP contribution in [0.1, 0.15) is 50.3 Å². The molecule has 5 nitrogen and oxygen atoms in total. The van der Waals surface area contributed by atoms with Crippen LogP contribution in [0.3, 0.4) is 0 Å². The van der Waals surface area contributed by atoms with Crippen molar-refractivity contribution in [2.75, 3.05) is 7.05 Å². The zero-order valence-corrected chi connectivity index (χ0v) is 18.3. The molecule has 31 heavy (non-hydrogen) atoms. The summed E-state index contributed by atoms with van der Waals surface area (Å²) < 4.78 is 39.5. The highest BCUT2D eigenvalue weighted by molar-refractivity contribution is 5.87. The Morgan fingerprint density at radius 2 is 1.97 bits per heavy atom. The van der Waals surface area contributed by atoms with Gasteiger partial charge in [-0.25, -0.2) is 4.79 Å². The van der Waals surface area contributed by atoms with Crippen LogP contribution in [-0.4, -0.2) is 30.3 Å². The van der Waals surface area contributed by atoms with Gasteiger partial charge in [0.25, 0.3) is 0 Å². The zero-order chi connectivity index (χ0) is 22.8. The fourth-order valence-corrected chi connectivity index (χ4v) is 3.63. The molecule has 1 aliphatic carbocycles. The van der Waals surface area contributed by atoms with Crippen molar-refractivity contribution in [2.45, 2.75) is 58.8 Å². The van der Waals surface area contributed by atoms with Crippen LogP contribution in [0.15, 0.2) is 46.7 Å². The van der Waals surface area contributed by atoms with Crippen LogP contribution in [0.25, 0.3) is 0 Å². The summed E-state index contributed by atoms with van der Waals surface area (Å²) in [5, 5.41) is 11.7. The Hall–Kier alpha value is -2.77. The van der Waals surface area contributed by atoms with E-state index >= 15 is 0 Å². The number of allylic oxidation sites excluding steroid dienone is 1. The lowest BCUT2D eigenvalue weighted by Gasteiger charge is -2.23. The van der Waals surface area contributed by atoms with E-state index in [4.69, 9.17) is 0 Å². The number of hydrazone groups is 1. The van der Waals surface area contributed by atoms with Crippen LogP contribution in [0.4, 0.5) is 18.0 Å². The molecule has 0 saturated heterocycles. The second kappa shape index (κ2) is 8.77. The predicted octanol–water partition coefficient (Wildman–Crippen LogP) is 5.00. The van der Waals surface area contributed by atoms with Crippen molar-refractivity contribution in [2.24, 2.45) is 10.5 Å². The van der Waals surface area contributed by atoms with Crippen molar-refractivity contribution in [3.63, 3.8) is 0 Å². The third kappa shape index (κ3) is 5.89. The van der Waals surface area contributed by atoms with Crippen molar-refractivity contribution >= 4 is 12.2 Å². The molecule has 1 atom stereocenters. The van der Waals surface area contributed by atoms with Gasteiger partial charge in [-0.2, -0.15) is 18.3 Å². The molecule has 0 aromatic heterocycles. The maximum absolute atomic E-state index is 13.2. The monoisotopic (exact) mass is 434 g/mol. The second-order valence-corrected chi connectivity index (χ2v) is 9.19. The number of alkyl halides is 3. The number of nitrogens with zero attached hydrogens (tertiary/aromatic N) is 2. The fraction of sp³-hybridized carbons (Fsp3) is 0.478. The summed E-state index contributed by atoms with van der Waals surface area (Å²) in [4.78, 5) is 12.5. The first-order valence-electron chi connectivity index (χ1n) is 10.4. The summed E-state index contributed by atoms with van der Waals surface area (Å²) in [7, 11) is 1.88. The van der Waals surface area contributed by atoms with Crippen LogP contribution < -0.4 is 10.6 Å². The van der Waals surface area contributed by atoms with Crippen LogP contribution in [0.2, 0.25) is 0 Å². The SMILES string of the molecule is CN1N=CC2=C(NC(=O)NCc3ccc(C(F)(F)F)cc3CCC(C)(C)C)C=CCC21. The number of hydrogen-bond acceptors (Lipinski definition) is 3. The van der Waals surface area contributed by atoms with Gasteiger partial charge in [-0.3, -0.25) is 5.01 Å². The lowest BCUT2D eigenvalue weighted by molar-refractivity contribution is -0.137. The highest BCUT2D eigenvalue weighted by Crippen LogP contribution is 2.32. The summed E-state index contributed by atoms with van der Waals surface area (Å²) in [6.45, 7) is 6.30. The molecule has 0 saturated carbocycles. The molecule has 168 valence electrons. The number of carbonyl (C=O) groups excluding carboxylic acids is 1. The Morgan fingerprint density at radius 1 is 1.23 bits per heavy atom. The Bertz CT molecular complexity index is 926. The van der Waals surface area contributed by atoms with Crippen LogP contribution in [0, 0.1) is 5.41 Å². The van der Waals surface area contributed by atoms with Gasteiger partial charge in [0.1, 0.15) is 0 Å². The van der Waals surface area contributed by atoms with Gasteiger partial charge in [0.15, 0.2) is 0 Å². The third-order valence-electron chi connectivity index (χ3n) is 5.51. The zero-order valence-electron chi connectivity index (χ0n) is 18.3. The van der Waals surface area contributed by atoms with Crippen LogP contribution in [0.5, 0.6) is 0 Å². The summed E-state index contributed by atoms with van der Waals surface area (Å²) in [5.74, 6) is 0. The molecule has 8 heteroatoms. The van der Waals surface area contributed by atoms with Crippen LogP contribution in [-0.2, 0) is 19.1 Å². The number of urea groups is 1. The first kappa shape index (κ1) is 22.9. The van der Waals surface area contributed by atoms with Gasteiger partial charge in [0, 0.05) is 24.9 Å².